The van der Waals surface area contributed by atoms with Crippen LogP contribution in [0.1, 0.15) is 43.0 Å². The Labute approximate surface area is 177 Å². The average Bonchev–Trinajstić information content (AvgIpc) is 3.02. The first-order valence-corrected chi connectivity index (χ1v) is 12.8. The lowest BCUT2D eigenvalue weighted by molar-refractivity contribution is 0.0952. The van der Waals surface area contributed by atoms with Crippen LogP contribution in [-0.4, -0.2) is 62.9 Å². The van der Waals surface area contributed by atoms with Crippen LogP contribution in [0.25, 0.3) is 0 Å². The van der Waals surface area contributed by atoms with Crippen molar-refractivity contribution in [3.05, 3.63) is 23.8 Å². The number of anilines is 1. The van der Waals surface area contributed by atoms with Gasteiger partial charge in [-0.2, -0.15) is 0 Å². The number of sulfonamides is 1. The van der Waals surface area contributed by atoms with Crippen molar-refractivity contribution in [3.8, 4) is 0 Å². The lowest BCUT2D eigenvalue weighted by Crippen LogP contribution is -2.35. The van der Waals surface area contributed by atoms with Gasteiger partial charge in [-0.1, -0.05) is 6.92 Å². The van der Waals surface area contributed by atoms with Crippen molar-refractivity contribution in [2.45, 2.75) is 37.5 Å². The molecule has 9 heteroatoms. The third-order valence-corrected chi connectivity index (χ3v) is 7.97. The highest BCUT2D eigenvalue weighted by Gasteiger charge is 2.33. The molecular weight excluding hydrogens is 408 g/mol. The van der Waals surface area contributed by atoms with Gasteiger partial charge in [-0.3, -0.25) is 4.79 Å². The molecule has 3 aliphatic heterocycles. The second-order valence-corrected chi connectivity index (χ2v) is 10.9. The van der Waals surface area contributed by atoms with E-state index < -0.39 is 10.0 Å². The molecule has 0 aliphatic carbocycles. The van der Waals surface area contributed by atoms with E-state index in [1.807, 2.05) is 17.0 Å². The molecule has 1 atom stereocenters. The molecule has 0 spiro atoms. The molecule has 1 aromatic carbocycles. The Morgan fingerprint density at radius 3 is 3.00 bits per heavy atom. The number of nitrogens with one attached hydrogen (secondary N) is 1. The van der Waals surface area contributed by atoms with E-state index in [0.717, 1.165) is 35.9 Å². The molecule has 3 aliphatic rings. The summed E-state index contributed by atoms with van der Waals surface area (Å²) in [6, 6.07) is 5.52. The standard InChI is InChI=1S/C20H28N4O3S2/c1-15-5-4-10-23(14-15)9-3-2-8-21-19(25)16-6-7-17-18(13-16)28-20-22-29(26,27)12-11-24(17)20/h6-7,13,15H,2-5,8-12,14H2,1H3,(H,21,25). The number of hydrogen-bond donors (Lipinski definition) is 1. The molecule has 0 aromatic heterocycles. The van der Waals surface area contributed by atoms with E-state index in [1.165, 1.54) is 37.7 Å². The highest BCUT2D eigenvalue weighted by Crippen LogP contribution is 2.42. The van der Waals surface area contributed by atoms with Crippen LogP contribution in [0.3, 0.4) is 0 Å². The van der Waals surface area contributed by atoms with E-state index in [1.54, 1.807) is 6.07 Å². The zero-order valence-electron chi connectivity index (χ0n) is 16.8. The van der Waals surface area contributed by atoms with Crippen LogP contribution in [-0.2, 0) is 10.0 Å². The van der Waals surface area contributed by atoms with Gasteiger partial charge in [0.2, 0.25) is 0 Å². The quantitative estimate of drug-likeness (QED) is 0.690. The van der Waals surface area contributed by atoms with Crippen molar-refractivity contribution < 1.29 is 13.2 Å². The molecule has 1 fully saturated rings. The van der Waals surface area contributed by atoms with Crippen molar-refractivity contribution in [2.75, 3.05) is 43.4 Å². The average molecular weight is 437 g/mol. The zero-order chi connectivity index (χ0) is 20.4. The molecular formula is C20H28N4O3S2. The predicted molar refractivity (Wildman–Crippen MR) is 117 cm³/mol. The number of fused-ring (bicyclic) bond motifs is 3. The molecule has 1 saturated heterocycles. The van der Waals surface area contributed by atoms with E-state index >= 15 is 0 Å². The summed E-state index contributed by atoms with van der Waals surface area (Å²) >= 11 is 1.31. The van der Waals surface area contributed by atoms with E-state index in [2.05, 4.69) is 21.5 Å². The third-order valence-electron chi connectivity index (χ3n) is 5.66. The smallest absolute Gasteiger partial charge is 0.257 e. The van der Waals surface area contributed by atoms with E-state index in [-0.39, 0.29) is 11.7 Å². The first kappa shape index (κ1) is 20.7. The molecule has 0 bridgehead atoms. The minimum Gasteiger partial charge on any atom is -0.352 e. The molecule has 3 heterocycles. The van der Waals surface area contributed by atoms with Gasteiger partial charge in [-0.05, 0) is 74.7 Å². The van der Waals surface area contributed by atoms with Crippen molar-refractivity contribution in [1.82, 2.24) is 10.2 Å². The van der Waals surface area contributed by atoms with Crippen LogP contribution >= 0.6 is 11.8 Å². The fraction of sp³-hybridized carbons (Fsp3) is 0.600. The zero-order valence-corrected chi connectivity index (χ0v) is 18.4. The maximum Gasteiger partial charge on any atom is 0.257 e. The Morgan fingerprint density at radius 2 is 2.17 bits per heavy atom. The highest BCUT2D eigenvalue weighted by atomic mass is 32.2. The Morgan fingerprint density at radius 1 is 1.31 bits per heavy atom. The minimum absolute atomic E-state index is 0.0229. The number of carbonyl (C=O) groups is 1. The number of nitrogens with zero attached hydrogens (tertiary/aromatic N) is 3. The number of likely N-dealkylation sites (tertiary alicyclic amines) is 1. The van der Waals surface area contributed by atoms with Gasteiger partial charge in [0, 0.05) is 30.1 Å². The molecule has 0 saturated carbocycles. The van der Waals surface area contributed by atoms with Crippen molar-refractivity contribution >= 4 is 38.5 Å². The molecule has 7 nitrogen and oxygen atoms in total. The molecule has 1 unspecified atom stereocenters. The number of thioether (sulfide) groups is 1. The Balaban J connectivity index is 1.26. The monoisotopic (exact) mass is 436 g/mol. The van der Waals surface area contributed by atoms with Crippen molar-refractivity contribution in [3.63, 3.8) is 0 Å². The summed E-state index contributed by atoms with van der Waals surface area (Å²) in [5.74, 6) is 0.738. The lowest BCUT2D eigenvalue weighted by atomic mass is 10.0. The number of hydrogen-bond acceptors (Lipinski definition) is 6. The number of carbonyl (C=O) groups excluding carboxylic acids is 1. The van der Waals surface area contributed by atoms with Crippen LogP contribution in [0, 0.1) is 5.92 Å². The Kier molecular flexibility index (Phi) is 6.17. The van der Waals surface area contributed by atoms with Crippen molar-refractivity contribution in [2.24, 2.45) is 10.3 Å². The molecule has 1 aromatic rings. The van der Waals surface area contributed by atoms with Crippen LogP contribution in [0.15, 0.2) is 27.5 Å². The first-order chi connectivity index (χ1) is 13.9. The van der Waals surface area contributed by atoms with Gasteiger partial charge in [0.1, 0.15) is 0 Å². The summed E-state index contributed by atoms with van der Waals surface area (Å²) in [7, 11) is -3.37. The molecule has 1 N–H and O–H groups in total. The van der Waals surface area contributed by atoms with Gasteiger partial charge in [-0.15, -0.1) is 4.40 Å². The van der Waals surface area contributed by atoms with Crippen molar-refractivity contribution in [1.29, 1.82) is 0 Å². The second-order valence-electron chi connectivity index (χ2n) is 8.11. The molecule has 29 heavy (non-hydrogen) atoms. The summed E-state index contributed by atoms with van der Waals surface area (Å²) in [4.78, 5) is 17.8. The minimum atomic E-state index is -3.37. The first-order valence-electron chi connectivity index (χ1n) is 10.3. The number of unbranched alkanes of at least 4 members (excludes halogenated alkanes) is 1. The topological polar surface area (TPSA) is 82.1 Å². The Hall–Kier alpha value is -1.58. The largest absolute Gasteiger partial charge is 0.352 e. The number of piperidine rings is 1. The Bertz CT molecular complexity index is 916. The summed E-state index contributed by atoms with van der Waals surface area (Å²) in [5, 5.41) is 3.49. The van der Waals surface area contributed by atoms with Crippen LogP contribution < -0.4 is 10.2 Å². The van der Waals surface area contributed by atoms with Crippen LogP contribution in [0.2, 0.25) is 0 Å². The van der Waals surface area contributed by atoms with Gasteiger partial charge >= 0.3 is 0 Å². The normalized spacial score (nSPS) is 23.3. The van der Waals surface area contributed by atoms with Crippen LogP contribution in [0.5, 0.6) is 0 Å². The van der Waals surface area contributed by atoms with Crippen LogP contribution in [0.4, 0.5) is 5.69 Å². The van der Waals surface area contributed by atoms with E-state index in [9.17, 15) is 13.2 Å². The number of rotatable bonds is 6. The number of amidine groups is 1. The van der Waals surface area contributed by atoms with Gasteiger partial charge in [0.05, 0.1) is 11.4 Å². The van der Waals surface area contributed by atoms with Gasteiger partial charge in [-0.25, -0.2) is 8.42 Å². The number of amides is 1. The SMILES string of the molecule is CC1CCCN(CCCCNC(=O)c2ccc3c(c2)SC2=NS(=O)(=O)CCN23)C1. The predicted octanol–water partition coefficient (Wildman–Crippen LogP) is 2.54. The van der Waals surface area contributed by atoms with Gasteiger partial charge in [0.15, 0.2) is 5.17 Å². The molecule has 1 amide bonds. The van der Waals surface area contributed by atoms with E-state index in [4.69, 9.17) is 0 Å². The summed E-state index contributed by atoms with van der Waals surface area (Å²) in [6.07, 6.45) is 4.70. The molecule has 0 radical (unpaired) electrons. The van der Waals surface area contributed by atoms with Gasteiger partial charge in [0.25, 0.3) is 15.9 Å². The fourth-order valence-corrected chi connectivity index (χ4v) is 6.42. The fourth-order valence-electron chi connectivity index (χ4n) is 4.13. The summed E-state index contributed by atoms with van der Waals surface area (Å²) < 4.78 is 27.3. The number of benzene rings is 1. The highest BCUT2D eigenvalue weighted by molar-refractivity contribution is 8.15. The second kappa shape index (κ2) is 8.65. The molecule has 158 valence electrons. The maximum atomic E-state index is 12.5. The third kappa shape index (κ3) is 4.95. The summed E-state index contributed by atoms with van der Waals surface area (Å²) in [6.45, 7) is 6.90. The lowest BCUT2D eigenvalue weighted by Gasteiger charge is -2.30. The molecule has 4 rings (SSSR count). The van der Waals surface area contributed by atoms with E-state index in [0.29, 0.717) is 23.8 Å². The van der Waals surface area contributed by atoms with Gasteiger partial charge < -0.3 is 15.1 Å². The summed E-state index contributed by atoms with van der Waals surface area (Å²) in [5.41, 5.74) is 1.53. The maximum absolute atomic E-state index is 12.5.